The number of hydrogen-bond acceptors (Lipinski definition) is 8. The van der Waals surface area contributed by atoms with Gasteiger partial charge >= 0.3 is 11.9 Å². The van der Waals surface area contributed by atoms with Crippen LogP contribution in [-0.2, 0) is 43.2 Å². The predicted octanol–water partition coefficient (Wildman–Crippen LogP) is -0.516. The highest BCUT2D eigenvalue weighted by atomic mass is 16.4. The van der Waals surface area contributed by atoms with Crippen molar-refractivity contribution < 1.29 is 39.3 Å². The fourth-order valence-corrected chi connectivity index (χ4v) is 4.06. The zero-order valence-corrected chi connectivity index (χ0v) is 22.4. The van der Waals surface area contributed by atoms with Crippen LogP contribution in [0.5, 0.6) is 5.75 Å². The second-order valence-corrected chi connectivity index (χ2v) is 9.57. The topological polar surface area (TPSA) is 237 Å². The molecule has 14 heteroatoms. The Kier molecular flexibility index (Phi) is 11.1. The molecule has 222 valence electrons. The van der Waals surface area contributed by atoms with Gasteiger partial charge in [0.05, 0.1) is 18.8 Å². The summed E-state index contributed by atoms with van der Waals surface area (Å²) in [5.41, 5.74) is 7.93. The number of benzene rings is 2. The van der Waals surface area contributed by atoms with Crippen molar-refractivity contribution in [3.05, 3.63) is 83.9 Å². The van der Waals surface area contributed by atoms with Gasteiger partial charge in [-0.3, -0.25) is 19.2 Å². The van der Waals surface area contributed by atoms with Crippen LogP contribution < -0.4 is 21.7 Å². The van der Waals surface area contributed by atoms with Crippen molar-refractivity contribution in [3.8, 4) is 5.75 Å². The smallest absolute Gasteiger partial charge is 0.326 e. The van der Waals surface area contributed by atoms with Gasteiger partial charge in [0.2, 0.25) is 17.7 Å². The van der Waals surface area contributed by atoms with Gasteiger partial charge < -0.3 is 42.0 Å². The summed E-state index contributed by atoms with van der Waals surface area (Å²) in [5, 5.41) is 35.3. The Balaban J connectivity index is 1.82. The Morgan fingerprint density at radius 3 is 1.90 bits per heavy atom. The van der Waals surface area contributed by atoms with Crippen LogP contribution in [-0.4, -0.2) is 79.1 Å². The highest BCUT2D eigenvalue weighted by Gasteiger charge is 2.31. The summed E-state index contributed by atoms with van der Waals surface area (Å²) < 4.78 is 0. The van der Waals surface area contributed by atoms with Crippen molar-refractivity contribution in [1.82, 2.24) is 25.9 Å². The molecular weight excluding hydrogens is 548 g/mol. The lowest BCUT2D eigenvalue weighted by atomic mass is 10.0. The molecule has 0 radical (unpaired) electrons. The van der Waals surface area contributed by atoms with Crippen molar-refractivity contribution in [2.75, 3.05) is 0 Å². The molecule has 0 saturated carbocycles. The van der Waals surface area contributed by atoms with Crippen molar-refractivity contribution in [3.63, 3.8) is 0 Å². The first kappa shape index (κ1) is 31.3. The number of carbonyl (C=O) groups is 5. The molecule has 0 aliphatic rings. The summed E-state index contributed by atoms with van der Waals surface area (Å²) in [4.78, 5) is 69.0. The number of aliphatic carboxylic acids is 2. The zero-order chi connectivity index (χ0) is 30.6. The van der Waals surface area contributed by atoms with Gasteiger partial charge in [-0.15, -0.1) is 0 Å². The van der Waals surface area contributed by atoms with Gasteiger partial charge in [-0.05, 0) is 29.7 Å². The number of H-pyrrole nitrogens is 1. The maximum atomic E-state index is 13.5. The minimum absolute atomic E-state index is 0.000640. The number of nitrogens with two attached hydrogens (primary N) is 1. The number of hydrogen-bond donors (Lipinski definition) is 8. The van der Waals surface area contributed by atoms with Crippen LogP contribution in [0.25, 0.3) is 0 Å². The Bertz CT molecular complexity index is 1360. The molecule has 1 aromatic heterocycles. The molecule has 2 aromatic carbocycles. The van der Waals surface area contributed by atoms with Gasteiger partial charge in [0.25, 0.3) is 0 Å². The Hall–Kier alpha value is -5.24. The number of nitrogens with zero attached hydrogens (tertiary/aromatic N) is 1. The van der Waals surface area contributed by atoms with Crippen molar-refractivity contribution in [1.29, 1.82) is 0 Å². The number of aromatic amines is 1. The fourth-order valence-electron chi connectivity index (χ4n) is 4.06. The Morgan fingerprint density at radius 1 is 0.762 bits per heavy atom. The first-order valence-electron chi connectivity index (χ1n) is 12.9. The minimum Gasteiger partial charge on any atom is -0.508 e. The molecule has 9 N–H and O–H groups in total. The molecule has 4 unspecified atom stereocenters. The first-order chi connectivity index (χ1) is 20.0. The third kappa shape index (κ3) is 9.75. The number of carbonyl (C=O) groups excluding carboxylic acids is 3. The molecule has 3 rings (SSSR count). The maximum absolute atomic E-state index is 13.5. The van der Waals surface area contributed by atoms with Gasteiger partial charge in [-0.1, -0.05) is 42.5 Å². The molecule has 0 saturated heterocycles. The van der Waals surface area contributed by atoms with E-state index >= 15 is 0 Å². The zero-order valence-electron chi connectivity index (χ0n) is 22.4. The molecule has 3 amide bonds. The first-order valence-corrected chi connectivity index (χ1v) is 12.9. The quantitative estimate of drug-likeness (QED) is 0.114. The summed E-state index contributed by atoms with van der Waals surface area (Å²) in [6, 6.07) is 9.64. The summed E-state index contributed by atoms with van der Waals surface area (Å²) in [5.74, 6) is -5.38. The van der Waals surface area contributed by atoms with Crippen LogP contribution in [0.2, 0.25) is 0 Å². The lowest BCUT2D eigenvalue weighted by molar-refractivity contribution is -0.147. The normalized spacial score (nSPS) is 13.6. The average Bonchev–Trinajstić information content (AvgIpc) is 3.46. The molecule has 0 aliphatic carbocycles. The van der Waals surface area contributed by atoms with Crippen molar-refractivity contribution >= 4 is 29.7 Å². The number of aromatic nitrogens is 2. The fraction of sp³-hybridized carbons (Fsp3) is 0.286. The van der Waals surface area contributed by atoms with Crippen molar-refractivity contribution in [2.24, 2.45) is 5.73 Å². The van der Waals surface area contributed by atoms with Crippen molar-refractivity contribution in [2.45, 2.75) is 49.9 Å². The number of carboxylic acids is 2. The third-order valence-electron chi connectivity index (χ3n) is 6.25. The summed E-state index contributed by atoms with van der Waals surface area (Å²) >= 11 is 0. The lowest BCUT2D eigenvalue weighted by Crippen LogP contribution is -2.58. The number of phenolic OH excluding ortho intramolecular Hbond substituents is 1. The van der Waals surface area contributed by atoms with E-state index in [0.717, 1.165) is 5.56 Å². The maximum Gasteiger partial charge on any atom is 0.326 e. The number of imidazole rings is 1. The molecule has 0 fully saturated rings. The molecule has 0 bridgehead atoms. The van der Waals surface area contributed by atoms with Gasteiger partial charge in [-0.2, -0.15) is 0 Å². The molecule has 4 atom stereocenters. The van der Waals surface area contributed by atoms with Crippen LogP contribution in [0.15, 0.2) is 67.1 Å². The largest absolute Gasteiger partial charge is 0.508 e. The van der Waals surface area contributed by atoms with Crippen LogP contribution in [0.3, 0.4) is 0 Å². The number of nitrogens with one attached hydrogen (secondary N) is 4. The van der Waals surface area contributed by atoms with Gasteiger partial charge in [0, 0.05) is 24.7 Å². The molecule has 42 heavy (non-hydrogen) atoms. The molecule has 3 aromatic rings. The number of rotatable bonds is 15. The van der Waals surface area contributed by atoms with E-state index < -0.39 is 60.2 Å². The summed E-state index contributed by atoms with van der Waals surface area (Å²) in [6.45, 7) is 0. The number of amides is 3. The van der Waals surface area contributed by atoms with E-state index in [1.165, 1.54) is 24.7 Å². The van der Waals surface area contributed by atoms with E-state index in [1.54, 1.807) is 36.4 Å². The SMILES string of the molecule is NC(Cc1ccccc1)C(=O)NC(Cc1ccc(O)cc1)C(=O)NC(Cc1cnc[nH]1)C(=O)NC(CC(=O)O)C(=O)O. The van der Waals surface area contributed by atoms with Gasteiger partial charge in [0.1, 0.15) is 23.9 Å². The van der Waals surface area contributed by atoms with E-state index in [2.05, 4.69) is 25.9 Å². The monoisotopic (exact) mass is 580 g/mol. The van der Waals surface area contributed by atoms with Crippen LogP contribution >= 0.6 is 0 Å². The minimum atomic E-state index is -1.75. The van der Waals surface area contributed by atoms with Crippen LogP contribution in [0.4, 0.5) is 0 Å². The average molecular weight is 581 g/mol. The van der Waals surface area contributed by atoms with Gasteiger partial charge in [0.15, 0.2) is 0 Å². The number of aromatic hydroxyl groups is 1. The molecule has 1 heterocycles. The van der Waals surface area contributed by atoms with E-state index in [0.29, 0.717) is 11.3 Å². The third-order valence-corrected chi connectivity index (χ3v) is 6.25. The van der Waals surface area contributed by atoms with Crippen LogP contribution in [0, 0.1) is 0 Å². The summed E-state index contributed by atoms with van der Waals surface area (Å²) in [7, 11) is 0. The van der Waals surface area contributed by atoms with Crippen LogP contribution in [0.1, 0.15) is 23.2 Å². The van der Waals surface area contributed by atoms with Gasteiger partial charge in [-0.25, -0.2) is 9.78 Å². The van der Waals surface area contributed by atoms with E-state index in [9.17, 15) is 34.2 Å². The Morgan fingerprint density at radius 2 is 1.33 bits per heavy atom. The molecule has 0 aliphatic heterocycles. The Labute approximate surface area is 240 Å². The van der Waals surface area contributed by atoms with E-state index in [1.807, 2.05) is 6.07 Å². The number of phenols is 1. The highest BCUT2D eigenvalue weighted by Crippen LogP contribution is 2.12. The number of carboxylic acid groups (broad SMARTS) is 2. The lowest BCUT2D eigenvalue weighted by Gasteiger charge is -2.25. The predicted molar refractivity (Wildman–Crippen MR) is 148 cm³/mol. The molecule has 0 spiro atoms. The molecule has 14 nitrogen and oxygen atoms in total. The second kappa shape index (κ2) is 14.9. The second-order valence-electron chi connectivity index (χ2n) is 9.57. The summed E-state index contributed by atoms with van der Waals surface area (Å²) in [6.07, 6.45) is 1.88. The van der Waals surface area contributed by atoms with E-state index in [-0.39, 0.29) is 25.0 Å². The molecular formula is C28H32N6O8. The highest BCUT2D eigenvalue weighted by molar-refractivity contribution is 5.95. The van der Waals surface area contributed by atoms with E-state index in [4.69, 9.17) is 10.8 Å². The standard InChI is InChI=1S/C28H32N6O8/c29-20(10-16-4-2-1-3-5-16)25(38)32-21(11-17-6-8-19(35)9-7-17)26(39)33-22(12-18-14-30-15-31-18)27(40)34-23(28(41)42)13-24(36)37/h1-9,14-15,20-23,35H,10-13,29H2,(H,30,31)(H,32,38)(H,33,39)(H,34,40)(H,36,37)(H,41,42).